The number of benzene rings is 1. The molecule has 27 heavy (non-hydrogen) atoms. The second kappa shape index (κ2) is 7.38. The number of nitrogens with zero attached hydrogens (tertiary/aromatic N) is 2. The summed E-state index contributed by atoms with van der Waals surface area (Å²) in [5.74, 6) is 1.77. The maximum atomic E-state index is 12.2. The summed E-state index contributed by atoms with van der Waals surface area (Å²) >= 11 is 0. The van der Waals surface area contributed by atoms with Crippen LogP contribution in [0.4, 0.5) is 10.5 Å². The van der Waals surface area contributed by atoms with Gasteiger partial charge in [-0.2, -0.15) is 5.10 Å². The molecule has 3 N–H and O–H groups in total. The lowest BCUT2D eigenvalue weighted by molar-refractivity contribution is -0.117. The first-order valence-corrected chi connectivity index (χ1v) is 9.04. The number of hydrogen-bond donors (Lipinski definition) is 3. The fraction of sp³-hybridized carbons (Fsp3) is 0.474. The van der Waals surface area contributed by atoms with Gasteiger partial charge < -0.3 is 15.4 Å². The number of alkyl carbamates (subject to hydrolysis) is 1. The number of hydrogen-bond acceptors (Lipinski definition) is 5. The minimum absolute atomic E-state index is 0.331. The van der Waals surface area contributed by atoms with Crippen LogP contribution in [0.15, 0.2) is 24.3 Å². The largest absolute Gasteiger partial charge is 0.444 e. The lowest BCUT2D eigenvalue weighted by atomic mass is 10.2. The third-order valence-corrected chi connectivity index (χ3v) is 4.00. The van der Waals surface area contributed by atoms with Gasteiger partial charge in [0.2, 0.25) is 5.91 Å². The fourth-order valence-electron chi connectivity index (χ4n) is 2.45. The predicted molar refractivity (Wildman–Crippen MR) is 101 cm³/mol. The highest BCUT2D eigenvalue weighted by atomic mass is 16.6. The molecular weight excluding hydrogens is 346 g/mol. The monoisotopic (exact) mass is 371 g/mol. The van der Waals surface area contributed by atoms with E-state index in [9.17, 15) is 9.59 Å². The molecule has 0 radical (unpaired) electrons. The molecule has 0 spiro atoms. The van der Waals surface area contributed by atoms with Crippen LogP contribution in [0.5, 0.6) is 0 Å². The summed E-state index contributed by atoms with van der Waals surface area (Å²) in [4.78, 5) is 28.5. The van der Waals surface area contributed by atoms with E-state index in [1.807, 2.05) is 12.1 Å². The van der Waals surface area contributed by atoms with E-state index in [-0.39, 0.29) is 5.91 Å². The van der Waals surface area contributed by atoms with Crippen molar-refractivity contribution in [2.45, 2.75) is 58.1 Å². The van der Waals surface area contributed by atoms with Crippen molar-refractivity contribution in [2.75, 3.05) is 5.32 Å². The molecule has 0 bridgehead atoms. The summed E-state index contributed by atoms with van der Waals surface area (Å²) < 4.78 is 5.15. The highest BCUT2D eigenvalue weighted by Crippen LogP contribution is 2.38. The van der Waals surface area contributed by atoms with E-state index in [1.165, 1.54) is 0 Å². The van der Waals surface area contributed by atoms with Gasteiger partial charge in [-0.15, -0.1) is 0 Å². The predicted octanol–water partition coefficient (Wildman–Crippen LogP) is 3.20. The van der Waals surface area contributed by atoms with E-state index < -0.39 is 17.7 Å². The number of H-pyrrole nitrogens is 1. The Kier molecular flexibility index (Phi) is 5.16. The first kappa shape index (κ1) is 18.9. The van der Waals surface area contributed by atoms with E-state index in [4.69, 9.17) is 4.74 Å². The maximum absolute atomic E-state index is 12.2. The van der Waals surface area contributed by atoms with E-state index in [0.29, 0.717) is 17.4 Å². The van der Waals surface area contributed by atoms with Gasteiger partial charge in [0.25, 0.3) is 0 Å². The van der Waals surface area contributed by atoms with Crippen LogP contribution in [0.2, 0.25) is 0 Å². The molecule has 1 aliphatic rings. The highest BCUT2D eigenvalue weighted by molar-refractivity contribution is 5.96. The molecule has 0 saturated heterocycles. The second-order valence-corrected chi connectivity index (χ2v) is 7.75. The Labute approximate surface area is 158 Å². The van der Waals surface area contributed by atoms with Crippen LogP contribution in [0, 0.1) is 0 Å². The van der Waals surface area contributed by atoms with Crippen LogP contribution in [0.3, 0.4) is 0 Å². The minimum atomic E-state index is -0.728. The molecule has 8 heteroatoms. The SMILES string of the molecule is C[C@@H](NC(=O)OC(C)(C)C)C(=O)Nc1ccc(-c2n[nH]c(C3CC3)n2)cc1. The van der Waals surface area contributed by atoms with Crippen molar-refractivity contribution in [1.29, 1.82) is 0 Å². The summed E-state index contributed by atoms with van der Waals surface area (Å²) in [6.45, 7) is 6.89. The Hall–Kier alpha value is -2.90. The quantitative estimate of drug-likeness (QED) is 0.748. The molecule has 2 aromatic rings. The van der Waals surface area contributed by atoms with Crippen molar-refractivity contribution < 1.29 is 14.3 Å². The van der Waals surface area contributed by atoms with Gasteiger partial charge in [0, 0.05) is 17.2 Å². The molecule has 8 nitrogen and oxygen atoms in total. The third kappa shape index (κ3) is 5.29. The number of aromatic nitrogens is 3. The first-order valence-electron chi connectivity index (χ1n) is 9.04. The van der Waals surface area contributed by atoms with Crippen LogP contribution in [0.1, 0.15) is 52.3 Å². The molecule has 1 saturated carbocycles. The number of ether oxygens (including phenoxy) is 1. The van der Waals surface area contributed by atoms with Crippen molar-refractivity contribution in [3.05, 3.63) is 30.1 Å². The fourth-order valence-corrected chi connectivity index (χ4v) is 2.45. The molecular formula is C19H25N5O3. The standard InChI is InChI=1S/C19H25N5O3/c1-11(20-18(26)27-19(2,3)4)17(25)21-14-9-7-13(8-10-14)16-22-15(23-24-16)12-5-6-12/h7-12H,5-6H2,1-4H3,(H,20,26)(H,21,25)(H,22,23,24)/t11-/m1/s1. The number of carbonyl (C=O) groups is 2. The molecule has 2 amide bonds. The minimum Gasteiger partial charge on any atom is -0.444 e. The van der Waals surface area contributed by atoms with Gasteiger partial charge in [0.1, 0.15) is 17.5 Å². The van der Waals surface area contributed by atoms with E-state index in [1.54, 1.807) is 39.8 Å². The summed E-state index contributed by atoms with van der Waals surface area (Å²) in [6.07, 6.45) is 1.70. The summed E-state index contributed by atoms with van der Waals surface area (Å²) in [5.41, 5.74) is 0.881. The summed E-state index contributed by atoms with van der Waals surface area (Å²) in [5, 5.41) is 12.5. The number of nitrogens with one attached hydrogen (secondary N) is 3. The third-order valence-electron chi connectivity index (χ3n) is 4.00. The molecule has 3 rings (SSSR count). The number of aromatic amines is 1. The van der Waals surface area contributed by atoms with Gasteiger partial charge in [-0.1, -0.05) is 0 Å². The van der Waals surface area contributed by atoms with Gasteiger partial charge in [-0.3, -0.25) is 9.89 Å². The van der Waals surface area contributed by atoms with Crippen molar-refractivity contribution in [1.82, 2.24) is 20.5 Å². The Balaban J connectivity index is 1.55. The molecule has 1 fully saturated rings. The van der Waals surface area contributed by atoms with Crippen LogP contribution in [0.25, 0.3) is 11.4 Å². The Morgan fingerprint density at radius 2 is 1.89 bits per heavy atom. The van der Waals surface area contributed by atoms with Gasteiger partial charge in [-0.05, 0) is 64.8 Å². The average Bonchev–Trinajstić information content (AvgIpc) is 3.31. The van der Waals surface area contributed by atoms with E-state index >= 15 is 0 Å². The van der Waals surface area contributed by atoms with Crippen LogP contribution in [-0.2, 0) is 9.53 Å². The normalized spacial score (nSPS) is 15.1. The molecule has 1 aromatic heterocycles. The first-order chi connectivity index (χ1) is 12.7. The van der Waals surface area contributed by atoms with E-state index in [0.717, 1.165) is 24.2 Å². The number of anilines is 1. The maximum Gasteiger partial charge on any atom is 0.408 e. The Morgan fingerprint density at radius 1 is 1.22 bits per heavy atom. The van der Waals surface area contributed by atoms with Gasteiger partial charge in [0.15, 0.2) is 5.82 Å². The van der Waals surface area contributed by atoms with Crippen LogP contribution >= 0.6 is 0 Å². The Bertz CT molecular complexity index is 819. The smallest absolute Gasteiger partial charge is 0.408 e. The zero-order valence-electron chi connectivity index (χ0n) is 16.0. The van der Waals surface area contributed by atoms with E-state index in [2.05, 4.69) is 25.8 Å². The van der Waals surface area contributed by atoms with Gasteiger partial charge >= 0.3 is 6.09 Å². The molecule has 1 atom stereocenters. The molecule has 1 heterocycles. The Morgan fingerprint density at radius 3 is 2.48 bits per heavy atom. The van der Waals surface area contributed by atoms with Crippen LogP contribution in [-0.4, -0.2) is 38.8 Å². The molecule has 0 aliphatic heterocycles. The summed E-state index contributed by atoms with van der Waals surface area (Å²) in [6, 6.07) is 6.53. The zero-order chi connectivity index (χ0) is 19.6. The average molecular weight is 371 g/mol. The van der Waals surface area contributed by atoms with Crippen molar-refractivity contribution in [3.63, 3.8) is 0 Å². The van der Waals surface area contributed by atoms with Crippen molar-refractivity contribution >= 4 is 17.7 Å². The molecule has 144 valence electrons. The summed E-state index contributed by atoms with van der Waals surface area (Å²) in [7, 11) is 0. The zero-order valence-corrected chi connectivity index (χ0v) is 16.0. The molecule has 0 unspecified atom stereocenters. The number of rotatable bonds is 5. The highest BCUT2D eigenvalue weighted by Gasteiger charge is 2.27. The lowest BCUT2D eigenvalue weighted by Gasteiger charge is -2.21. The second-order valence-electron chi connectivity index (χ2n) is 7.75. The topological polar surface area (TPSA) is 109 Å². The van der Waals surface area contributed by atoms with Crippen LogP contribution < -0.4 is 10.6 Å². The van der Waals surface area contributed by atoms with Gasteiger partial charge in [-0.25, -0.2) is 9.78 Å². The number of carbonyl (C=O) groups excluding carboxylic acids is 2. The lowest BCUT2D eigenvalue weighted by Crippen LogP contribution is -2.43. The molecule has 1 aliphatic carbocycles. The van der Waals surface area contributed by atoms with Gasteiger partial charge in [0.05, 0.1) is 0 Å². The molecule has 1 aromatic carbocycles. The number of amides is 2. The van der Waals surface area contributed by atoms with Crippen molar-refractivity contribution in [3.8, 4) is 11.4 Å². The van der Waals surface area contributed by atoms with Crippen molar-refractivity contribution in [2.24, 2.45) is 0 Å².